The minimum atomic E-state index is -2.41. The molecule has 8 aliphatic rings. The zero-order valence-electron chi connectivity index (χ0n) is 60.4. The van der Waals surface area contributed by atoms with Gasteiger partial charge in [-0.15, -0.1) is 0 Å². The second-order valence-corrected chi connectivity index (χ2v) is 47.7. The molecule has 0 N–H and O–H groups in total. The molecule has 508 valence electrons. The second kappa shape index (κ2) is 29.0. The average Bonchev–Trinajstić information content (AvgIpc) is 1.74. The van der Waals surface area contributed by atoms with E-state index in [0.717, 1.165) is 146 Å². The normalized spacial score (nSPS) is 33.7. The maximum absolute atomic E-state index is 13.8. The van der Waals surface area contributed by atoms with Crippen molar-refractivity contribution in [1.29, 1.82) is 0 Å². The highest BCUT2D eigenvalue weighted by atomic mass is 28.5. The van der Waals surface area contributed by atoms with Crippen LogP contribution >= 0.6 is 0 Å². The van der Waals surface area contributed by atoms with Gasteiger partial charge in [-0.05, 0) is 308 Å². The molecular formula is C80H128O8Si3. The maximum atomic E-state index is 13.8. The largest absolute Gasteiger partial charge is 0.494 e. The molecule has 11 heteroatoms. The molecule has 2 unspecified atom stereocenters. The summed E-state index contributed by atoms with van der Waals surface area (Å²) in [4.78, 5) is 27.5. The monoisotopic (exact) mass is 1300 g/mol. The van der Waals surface area contributed by atoms with Gasteiger partial charge in [-0.2, -0.15) is 0 Å². The number of carbonyl (C=O) groups is 2. The average molecular weight is 1300 g/mol. The highest BCUT2D eigenvalue weighted by molar-refractivity contribution is 6.87. The molecule has 2 aromatic rings. The lowest BCUT2D eigenvalue weighted by molar-refractivity contribution is -0.141. The van der Waals surface area contributed by atoms with Crippen LogP contribution in [0.1, 0.15) is 223 Å². The molecule has 0 aromatic heterocycles. The van der Waals surface area contributed by atoms with Crippen LogP contribution in [0.25, 0.3) is 0 Å². The lowest BCUT2D eigenvalue weighted by Crippen LogP contribution is -2.52. The second-order valence-electron chi connectivity index (χ2n) is 35.3. The summed E-state index contributed by atoms with van der Waals surface area (Å²) in [5.41, 5.74) is 4.50. The smallest absolute Gasteiger partial charge is 0.314 e. The fraction of sp³-hybridized carbons (Fsp3) is 0.775. The van der Waals surface area contributed by atoms with Crippen LogP contribution in [0.4, 0.5) is 0 Å². The summed E-state index contributed by atoms with van der Waals surface area (Å²) in [6, 6.07) is 17.3. The Bertz CT molecular complexity index is 2630. The van der Waals surface area contributed by atoms with Crippen LogP contribution in [-0.2, 0) is 17.8 Å². The van der Waals surface area contributed by atoms with Crippen molar-refractivity contribution in [1.82, 2.24) is 0 Å². The van der Waals surface area contributed by atoms with Crippen LogP contribution in [0.15, 0.2) is 71.8 Å². The molecule has 6 saturated carbocycles. The Morgan fingerprint density at radius 1 is 0.462 bits per heavy atom. The highest BCUT2D eigenvalue weighted by Crippen LogP contribution is 2.70. The van der Waals surface area contributed by atoms with Crippen LogP contribution in [0, 0.1) is 105 Å². The van der Waals surface area contributed by atoms with Gasteiger partial charge in [-0.1, -0.05) is 131 Å². The van der Waals surface area contributed by atoms with E-state index in [4.69, 9.17) is 27.2 Å². The Hall–Kier alpha value is -2.97. The van der Waals surface area contributed by atoms with E-state index in [-0.39, 0.29) is 34.6 Å². The maximum Gasteiger partial charge on any atom is 0.314 e. The first-order chi connectivity index (χ1) is 43.0. The predicted octanol–water partition coefficient (Wildman–Crippen LogP) is 22.2. The number of hydrogen-bond acceptors (Lipinski definition) is 8. The molecule has 2 aromatic carbocycles. The van der Waals surface area contributed by atoms with Gasteiger partial charge in [0.1, 0.15) is 23.0 Å². The third-order valence-corrected chi connectivity index (χ3v) is 38.3. The van der Waals surface area contributed by atoms with Crippen LogP contribution < -0.4 is 18.9 Å². The Labute approximate surface area is 558 Å². The lowest BCUT2D eigenvalue weighted by Gasteiger charge is -2.58. The van der Waals surface area contributed by atoms with Gasteiger partial charge in [0.05, 0.1) is 25.0 Å². The first-order valence-corrected chi connectivity index (χ1v) is 46.7. The predicted molar refractivity (Wildman–Crippen MR) is 382 cm³/mol. The van der Waals surface area contributed by atoms with Crippen molar-refractivity contribution < 1.29 is 36.8 Å². The van der Waals surface area contributed by atoms with Gasteiger partial charge in [0.15, 0.2) is 16.6 Å². The van der Waals surface area contributed by atoms with Crippen molar-refractivity contribution in [2.24, 2.45) is 105 Å². The third kappa shape index (κ3) is 16.2. The molecule has 16 atom stereocenters. The zero-order valence-corrected chi connectivity index (χ0v) is 63.4. The fourth-order valence-electron chi connectivity index (χ4n) is 22.2. The SMILES string of the molecule is CC(C)CCCC(C)[C@H]1CC[C@H]2[C@@H]3CC=C4C[C@@H](C(=O)Oc5ccc(OCCC[Si](C)(C)O[Si](C)(C)O[Si](C)(C)CCCOc6ccc(OC(=O)[C@H]7CC[C@@]8(C)C(=CC[C@H]9[C@@H]%10CC[C@H](C(C)CCCC(C)C)[C@@]%10(C)CC[C@@H]98)C7)cc6)cc5)CC[C@]4(C)[C@H]3CC[C@]12C. The van der Waals surface area contributed by atoms with E-state index < -0.39 is 25.2 Å². The molecule has 0 amide bonds. The van der Waals surface area contributed by atoms with Gasteiger partial charge in [-0.3, -0.25) is 9.59 Å². The molecule has 6 fully saturated rings. The van der Waals surface area contributed by atoms with Crippen molar-refractivity contribution in [2.75, 3.05) is 13.2 Å². The van der Waals surface area contributed by atoms with Crippen molar-refractivity contribution in [3.05, 3.63) is 71.8 Å². The Morgan fingerprint density at radius 3 is 1.21 bits per heavy atom. The molecule has 0 radical (unpaired) electrons. The first-order valence-electron chi connectivity index (χ1n) is 37.7. The van der Waals surface area contributed by atoms with E-state index in [1.165, 1.54) is 103 Å². The summed E-state index contributed by atoms with van der Waals surface area (Å²) in [7, 11) is -6.50. The van der Waals surface area contributed by atoms with E-state index in [1.807, 2.05) is 48.5 Å². The van der Waals surface area contributed by atoms with Gasteiger partial charge in [0.2, 0.25) is 0 Å². The molecule has 8 aliphatic carbocycles. The van der Waals surface area contributed by atoms with E-state index in [9.17, 15) is 9.59 Å². The molecule has 0 aliphatic heterocycles. The van der Waals surface area contributed by atoms with Crippen LogP contribution in [0.5, 0.6) is 23.0 Å². The lowest BCUT2D eigenvalue weighted by atomic mass is 9.46. The quantitative estimate of drug-likeness (QED) is 0.0274. The molecule has 0 heterocycles. The summed E-state index contributed by atoms with van der Waals surface area (Å²) in [6.45, 7) is 40.0. The highest BCUT2D eigenvalue weighted by Gasteiger charge is 2.61. The summed E-state index contributed by atoms with van der Waals surface area (Å²) in [5, 5.41) is 0. The van der Waals surface area contributed by atoms with Crippen molar-refractivity contribution in [3.63, 3.8) is 0 Å². The van der Waals surface area contributed by atoms with Crippen molar-refractivity contribution in [2.45, 2.75) is 275 Å². The van der Waals surface area contributed by atoms with Gasteiger partial charge in [0, 0.05) is 0 Å². The molecule has 91 heavy (non-hydrogen) atoms. The molecular weight excluding hydrogens is 1170 g/mol. The number of carbonyl (C=O) groups excluding carboxylic acids is 2. The minimum absolute atomic E-state index is 0.0818. The number of allylic oxidation sites excluding steroid dienone is 4. The standard InChI is InChI=1S/C80H128O8Si3/c1-55(2)21-17-23-57(5)69-37-39-71-67-35-25-61-53-59(41-45-77(61,7)73(67)43-47-79(69,71)9)75(81)85-65-31-27-63(28-32-65)83-49-19-51-89(11,12)87-91(15,16)88-90(13,14)52-20-50-84-64-29-33-66(34-30-64)86-76(82)60-42-46-78(8)62(54-60)26-36-68-72-40-38-70(58(6)24-18-22-56(3)4)80(72,10)48-44-74(68)78/h25-34,55-60,67-74H,17-24,35-54H2,1-16H3/t57?,58?,59-,60-,67-,68-,69+,70+,71-,72-,73-,74-,77-,78-,79+,80+/m0/s1. The first kappa shape index (κ1) is 70.8. The van der Waals surface area contributed by atoms with E-state index in [2.05, 4.69) is 121 Å². The third-order valence-electron chi connectivity index (χ3n) is 26.8. The van der Waals surface area contributed by atoms with Crippen LogP contribution in [-0.4, -0.2) is 50.3 Å². The number of rotatable bonds is 28. The summed E-state index contributed by atoms with van der Waals surface area (Å²) in [6.07, 6.45) is 34.5. The molecule has 0 spiro atoms. The fourth-order valence-corrected chi connectivity index (χ4v) is 36.2. The number of hydrogen-bond donors (Lipinski definition) is 0. The minimum Gasteiger partial charge on any atom is -0.494 e. The Balaban J connectivity index is 0.596. The zero-order chi connectivity index (χ0) is 65.3. The van der Waals surface area contributed by atoms with Gasteiger partial charge in [0.25, 0.3) is 0 Å². The number of esters is 2. The molecule has 0 saturated heterocycles. The number of benzene rings is 2. The molecule has 10 rings (SSSR count). The van der Waals surface area contributed by atoms with Gasteiger partial charge in [-0.25, -0.2) is 0 Å². The summed E-state index contributed by atoms with van der Waals surface area (Å²) < 4.78 is 38.6. The molecule has 0 bridgehead atoms. The van der Waals surface area contributed by atoms with E-state index in [0.29, 0.717) is 35.5 Å². The number of fused-ring (bicyclic) bond motifs is 10. The van der Waals surface area contributed by atoms with Gasteiger partial charge < -0.3 is 27.2 Å². The van der Waals surface area contributed by atoms with Crippen molar-refractivity contribution >= 4 is 37.1 Å². The number of ether oxygens (including phenoxy) is 4. The van der Waals surface area contributed by atoms with Crippen LogP contribution in [0.3, 0.4) is 0 Å². The summed E-state index contributed by atoms with van der Waals surface area (Å²) >= 11 is 0. The van der Waals surface area contributed by atoms with E-state index in [1.54, 1.807) is 11.1 Å². The van der Waals surface area contributed by atoms with Crippen molar-refractivity contribution in [3.8, 4) is 23.0 Å². The molecule has 8 nitrogen and oxygen atoms in total. The topological polar surface area (TPSA) is 89.5 Å². The Kier molecular flexibility index (Phi) is 22.6. The summed E-state index contributed by atoms with van der Waals surface area (Å²) in [5.74, 6) is 12.2. The van der Waals surface area contributed by atoms with Gasteiger partial charge >= 0.3 is 20.5 Å². The van der Waals surface area contributed by atoms with E-state index >= 15 is 0 Å². The van der Waals surface area contributed by atoms with Crippen LogP contribution in [0.2, 0.25) is 51.4 Å². The Morgan fingerprint density at radius 2 is 0.835 bits per heavy atom.